The van der Waals surface area contributed by atoms with E-state index in [0.29, 0.717) is 22.9 Å². The van der Waals surface area contributed by atoms with E-state index in [0.717, 1.165) is 21.4 Å². The van der Waals surface area contributed by atoms with Crippen molar-refractivity contribution in [1.82, 2.24) is 14.5 Å². The Balaban J connectivity index is 2.08. The fourth-order valence-corrected chi connectivity index (χ4v) is 2.94. The van der Waals surface area contributed by atoms with Crippen molar-refractivity contribution < 1.29 is 0 Å². The highest BCUT2D eigenvalue weighted by Gasteiger charge is 2.11. The van der Waals surface area contributed by atoms with Crippen LogP contribution in [-0.4, -0.2) is 14.5 Å². The van der Waals surface area contributed by atoms with E-state index in [4.69, 9.17) is 16.9 Å². The minimum atomic E-state index is 0.369. The molecule has 0 fully saturated rings. The highest BCUT2D eigenvalue weighted by molar-refractivity contribution is 9.10. The van der Waals surface area contributed by atoms with Crippen molar-refractivity contribution in [3.8, 4) is 6.07 Å². The molecule has 0 saturated carbocycles. The predicted molar refractivity (Wildman–Crippen MR) is 85.2 cm³/mol. The van der Waals surface area contributed by atoms with Crippen molar-refractivity contribution in [2.24, 2.45) is 0 Å². The number of fused-ring (bicyclic) bond motifs is 1. The molecule has 0 aliphatic rings. The fraction of sp³-hybridized carbons (Fsp3) is 0.133. The summed E-state index contributed by atoms with van der Waals surface area (Å²) in [6, 6.07) is 11.4. The molecular formula is C15H10BrClN4. The topological polar surface area (TPSA) is 54.5 Å². The van der Waals surface area contributed by atoms with E-state index in [-0.39, 0.29) is 0 Å². The third-order valence-corrected chi connectivity index (χ3v) is 4.11. The maximum Gasteiger partial charge on any atom is 0.179 e. The molecule has 104 valence electrons. The van der Waals surface area contributed by atoms with Gasteiger partial charge in [-0.15, -0.1) is 0 Å². The normalized spacial score (nSPS) is 10.8. The van der Waals surface area contributed by atoms with Gasteiger partial charge in [0.2, 0.25) is 0 Å². The Kier molecular flexibility index (Phi) is 3.66. The minimum absolute atomic E-state index is 0.369. The highest BCUT2D eigenvalue weighted by atomic mass is 79.9. The average molecular weight is 362 g/mol. The van der Waals surface area contributed by atoms with Gasteiger partial charge in [0.05, 0.1) is 12.1 Å². The van der Waals surface area contributed by atoms with Crippen LogP contribution < -0.4 is 0 Å². The second-order valence-electron chi connectivity index (χ2n) is 4.63. The zero-order chi connectivity index (χ0) is 15.0. The zero-order valence-electron chi connectivity index (χ0n) is 11.1. The van der Waals surface area contributed by atoms with Gasteiger partial charge in [0.15, 0.2) is 5.65 Å². The van der Waals surface area contributed by atoms with E-state index in [1.807, 2.05) is 41.8 Å². The van der Waals surface area contributed by atoms with Crippen LogP contribution in [0, 0.1) is 18.3 Å². The molecule has 3 rings (SSSR count). The largest absolute Gasteiger partial charge is 0.322 e. The summed E-state index contributed by atoms with van der Waals surface area (Å²) in [6.07, 6.45) is 0. The van der Waals surface area contributed by atoms with Crippen LogP contribution in [-0.2, 0) is 6.54 Å². The lowest BCUT2D eigenvalue weighted by molar-refractivity contribution is 0.786. The molecule has 0 radical (unpaired) electrons. The van der Waals surface area contributed by atoms with Gasteiger partial charge in [-0.25, -0.2) is 9.97 Å². The number of hydrogen-bond acceptors (Lipinski definition) is 3. The standard InChI is InChI=1S/C15H10BrClN4/c1-9-19-15-14(5-4-12(7-18)20-15)21(9)8-10-2-3-11(16)6-13(10)17/h2-6H,8H2,1H3. The molecular weight excluding hydrogens is 352 g/mol. The van der Waals surface area contributed by atoms with E-state index in [2.05, 4.69) is 25.9 Å². The molecule has 4 nitrogen and oxygen atoms in total. The van der Waals surface area contributed by atoms with Gasteiger partial charge < -0.3 is 4.57 Å². The molecule has 3 aromatic rings. The van der Waals surface area contributed by atoms with E-state index in [1.54, 1.807) is 6.07 Å². The highest BCUT2D eigenvalue weighted by Crippen LogP contribution is 2.24. The maximum absolute atomic E-state index is 8.90. The Bertz CT molecular complexity index is 879. The Morgan fingerprint density at radius 1 is 1.29 bits per heavy atom. The number of imidazole rings is 1. The Hall–Kier alpha value is -1.90. The number of benzene rings is 1. The van der Waals surface area contributed by atoms with Gasteiger partial charge in [0.1, 0.15) is 17.6 Å². The maximum atomic E-state index is 8.90. The van der Waals surface area contributed by atoms with Crippen molar-refractivity contribution in [2.75, 3.05) is 0 Å². The Morgan fingerprint density at radius 2 is 2.10 bits per heavy atom. The van der Waals surface area contributed by atoms with Crippen LogP contribution in [0.1, 0.15) is 17.1 Å². The van der Waals surface area contributed by atoms with E-state index in [1.165, 1.54) is 0 Å². The third-order valence-electron chi connectivity index (χ3n) is 3.26. The Morgan fingerprint density at radius 3 is 2.81 bits per heavy atom. The number of aromatic nitrogens is 3. The molecule has 0 saturated heterocycles. The quantitative estimate of drug-likeness (QED) is 0.691. The number of aryl methyl sites for hydroxylation is 1. The molecule has 0 aliphatic heterocycles. The van der Waals surface area contributed by atoms with E-state index in [9.17, 15) is 0 Å². The number of rotatable bonds is 2. The fourth-order valence-electron chi connectivity index (χ4n) is 2.20. The molecule has 0 aliphatic carbocycles. The van der Waals surface area contributed by atoms with Gasteiger partial charge in [-0.05, 0) is 36.8 Å². The van der Waals surface area contributed by atoms with Crippen LogP contribution in [0.25, 0.3) is 11.2 Å². The summed E-state index contributed by atoms with van der Waals surface area (Å²) in [6.45, 7) is 2.53. The lowest BCUT2D eigenvalue weighted by Crippen LogP contribution is -2.02. The second kappa shape index (κ2) is 5.47. The Labute approximate surface area is 135 Å². The monoisotopic (exact) mass is 360 g/mol. The summed E-state index contributed by atoms with van der Waals surface area (Å²) in [5.41, 5.74) is 2.85. The molecule has 0 spiro atoms. The molecule has 2 heterocycles. The van der Waals surface area contributed by atoms with Crippen molar-refractivity contribution in [2.45, 2.75) is 13.5 Å². The van der Waals surface area contributed by atoms with E-state index < -0.39 is 0 Å². The first-order chi connectivity index (χ1) is 10.1. The first-order valence-electron chi connectivity index (χ1n) is 6.26. The van der Waals surface area contributed by atoms with Gasteiger partial charge >= 0.3 is 0 Å². The molecule has 0 amide bonds. The van der Waals surface area contributed by atoms with E-state index >= 15 is 0 Å². The lowest BCUT2D eigenvalue weighted by atomic mass is 10.2. The van der Waals surface area contributed by atoms with Crippen LogP contribution >= 0.6 is 27.5 Å². The minimum Gasteiger partial charge on any atom is -0.322 e. The molecule has 0 bridgehead atoms. The summed E-state index contributed by atoms with van der Waals surface area (Å²) in [7, 11) is 0. The van der Waals surface area contributed by atoms with Crippen LogP contribution in [0.5, 0.6) is 0 Å². The van der Waals surface area contributed by atoms with Crippen molar-refractivity contribution in [3.63, 3.8) is 0 Å². The number of pyridine rings is 1. The molecule has 0 atom stereocenters. The van der Waals surface area contributed by atoms with Gasteiger partial charge in [-0.2, -0.15) is 5.26 Å². The number of hydrogen-bond donors (Lipinski definition) is 0. The van der Waals surface area contributed by atoms with Gasteiger partial charge in [-0.3, -0.25) is 0 Å². The third kappa shape index (κ3) is 2.65. The molecule has 2 aromatic heterocycles. The number of nitriles is 1. The van der Waals surface area contributed by atoms with Crippen LogP contribution in [0.3, 0.4) is 0 Å². The number of halogens is 2. The summed E-state index contributed by atoms with van der Waals surface area (Å²) >= 11 is 9.68. The van der Waals surface area contributed by atoms with Crippen molar-refractivity contribution in [1.29, 1.82) is 5.26 Å². The number of nitrogens with zero attached hydrogens (tertiary/aromatic N) is 4. The molecule has 6 heteroatoms. The smallest absolute Gasteiger partial charge is 0.179 e. The predicted octanol–water partition coefficient (Wildman–Crippen LogP) is 4.08. The first kappa shape index (κ1) is 14.1. The van der Waals surface area contributed by atoms with Gasteiger partial charge in [0, 0.05) is 9.50 Å². The van der Waals surface area contributed by atoms with Crippen molar-refractivity contribution in [3.05, 3.63) is 56.9 Å². The molecule has 0 unspecified atom stereocenters. The van der Waals surface area contributed by atoms with Crippen LogP contribution in [0.2, 0.25) is 5.02 Å². The average Bonchev–Trinajstić information content (AvgIpc) is 2.77. The summed E-state index contributed by atoms with van der Waals surface area (Å²) < 4.78 is 2.99. The first-order valence-corrected chi connectivity index (χ1v) is 7.43. The molecule has 1 aromatic carbocycles. The lowest BCUT2D eigenvalue weighted by Gasteiger charge is -2.09. The van der Waals surface area contributed by atoms with Crippen LogP contribution in [0.15, 0.2) is 34.8 Å². The van der Waals surface area contributed by atoms with Crippen LogP contribution in [0.4, 0.5) is 0 Å². The summed E-state index contributed by atoms with van der Waals surface area (Å²) in [5, 5.41) is 9.60. The van der Waals surface area contributed by atoms with Gasteiger partial charge in [-0.1, -0.05) is 33.6 Å². The summed E-state index contributed by atoms with van der Waals surface area (Å²) in [4.78, 5) is 8.63. The molecule has 0 N–H and O–H groups in total. The van der Waals surface area contributed by atoms with Crippen molar-refractivity contribution >= 4 is 38.7 Å². The summed E-state index contributed by atoms with van der Waals surface area (Å²) in [5.74, 6) is 0.839. The SMILES string of the molecule is Cc1nc2nc(C#N)ccc2n1Cc1ccc(Br)cc1Cl. The second-order valence-corrected chi connectivity index (χ2v) is 5.95. The van der Waals surface area contributed by atoms with Gasteiger partial charge in [0.25, 0.3) is 0 Å². The molecule has 21 heavy (non-hydrogen) atoms. The zero-order valence-corrected chi connectivity index (χ0v) is 13.5.